The summed E-state index contributed by atoms with van der Waals surface area (Å²) in [7, 11) is 1.53. The van der Waals surface area contributed by atoms with Gasteiger partial charge in [0.1, 0.15) is 0 Å². The second-order valence-electron chi connectivity index (χ2n) is 4.64. The molecule has 18 heavy (non-hydrogen) atoms. The van der Waals surface area contributed by atoms with E-state index in [1.54, 1.807) is 0 Å². The fraction of sp³-hybridized carbons (Fsp3) is 0.500. The van der Waals surface area contributed by atoms with E-state index in [0.29, 0.717) is 19.4 Å². The van der Waals surface area contributed by atoms with E-state index in [9.17, 15) is 13.6 Å². The number of aromatic nitrogens is 1. The van der Waals surface area contributed by atoms with Gasteiger partial charge < -0.3 is 10.0 Å². The Kier molecular flexibility index (Phi) is 3.56. The Balaban J connectivity index is 2.04. The number of hydrogen-bond acceptors (Lipinski definition) is 3. The predicted molar refractivity (Wildman–Crippen MR) is 59.8 cm³/mol. The molecule has 98 valence electrons. The molecule has 1 saturated carbocycles. The fourth-order valence-electron chi connectivity index (χ4n) is 2.11. The quantitative estimate of drug-likeness (QED) is 0.827. The van der Waals surface area contributed by atoms with Crippen LogP contribution in [-0.2, 0) is 0 Å². The molecule has 0 saturated heterocycles. The molecule has 0 aromatic carbocycles. The standard InChI is InChI=1S/C12H14F2N2O2/c1-16(6-7-4-8(17)5-7)12(18)9-2-3-15-11(14)10(9)13/h2-3,7-8,17H,4-6H2,1H3. The van der Waals surface area contributed by atoms with E-state index in [2.05, 4.69) is 4.98 Å². The van der Waals surface area contributed by atoms with Crippen LogP contribution < -0.4 is 0 Å². The van der Waals surface area contributed by atoms with Crippen LogP contribution in [0.5, 0.6) is 0 Å². The summed E-state index contributed by atoms with van der Waals surface area (Å²) in [5.74, 6) is -2.84. The summed E-state index contributed by atoms with van der Waals surface area (Å²) in [5, 5.41) is 9.15. The van der Waals surface area contributed by atoms with Gasteiger partial charge in [0.05, 0.1) is 11.7 Å². The molecule has 0 atom stereocenters. The van der Waals surface area contributed by atoms with Crippen molar-refractivity contribution in [1.82, 2.24) is 9.88 Å². The zero-order chi connectivity index (χ0) is 13.3. The molecule has 4 nitrogen and oxygen atoms in total. The molecule has 1 aromatic rings. The maximum atomic E-state index is 13.4. The SMILES string of the molecule is CN(CC1CC(O)C1)C(=O)c1ccnc(F)c1F. The van der Waals surface area contributed by atoms with Gasteiger partial charge in [-0.15, -0.1) is 0 Å². The van der Waals surface area contributed by atoms with Gasteiger partial charge in [0, 0.05) is 19.8 Å². The largest absolute Gasteiger partial charge is 0.393 e. The number of carbonyl (C=O) groups is 1. The Hall–Kier alpha value is -1.56. The van der Waals surface area contributed by atoms with Crippen molar-refractivity contribution in [2.45, 2.75) is 18.9 Å². The van der Waals surface area contributed by atoms with E-state index < -0.39 is 17.7 Å². The lowest BCUT2D eigenvalue weighted by Gasteiger charge is -2.34. The van der Waals surface area contributed by atoms with Crippen LogP contribution >= 0.6 is 0 Å². The number of halogens is 2. The van der Waals surface area contributed by atoms with Gasteiger partial charge >= 0.3 is 0 Å². The number of pyridine rings is 1. The molecule has 1 N–H and O–H groups in total. The maximum Gasteiger partial charge on any atom is 0.256 e. The van der Waals surface area contributed by atoms with E-state index >= 15 is 0 Å². The lowest BCUT2D eigenvalue weighted by atomic mass is 9.82. The smallest absolute Gasteiger partial charge is 0.256 e. The number of amides is 1. The minimum atomic E-state index is -1.27. The molecule has 1 aliphatic rings. The summed E-state index contributed by atoms with van der Waals surface area (Å²) < 4.78 is 26.3. The van der Waals surface area contributed by atoms with Crippen molar-refractivity contribution in [1.29, 1.82) is 0 Å². The van der Waals surface area contributed by atoms with Gasteiger partial charge in [-0.25, -0.2) is 9.37 Å². The Morgan fingerprint density at radius 1 is 1.56 bits per heavy atom. The highest BCUT2D eigenvalue weighted by Gasteiger charge is 2.30. The van der Waals surface area contributed by atoms with Crippen LogP contribution in [0.3, 0.4) is 0 Å². The number of hydrogen-bond donors (Lipinski definition) is 1. The lowest BCUT2D eigenvalue weighted by Crippen LogP contribution is -2.39. The lowest BCUT2D eigenvalue weighted by molar-refractivity contribution is 0.0264. The van der Waals surface area contributed by atoms with Crippen LogP contribution in [-0.4, -0.2) is 40.6 Å². The number of carbonyl (C=O) groups excluding carboxylic acids is 1. The molecule has 1 aliphatic carbocycles. The van der Waals surface area contributed by atoms with Crippen molar-refractivity contribution in [3.8, 4) is 0 Å². The van der Waals surface area contributed by atoms with E-state index in [0.717, 1.165) is 12.3 Å². The molecular weight excluding hydrogens is 242 g/mol. The fourth-order valence-corrected chi connectivity index (χ4v) is 2.11. The van der Waals surface area contributed by atoms with Crippen LogP contribution in [0.1, 0.15) is 23.2 Å². The third-order valence-corrected chi connectivity index (χ3v) is 3.17. The average Bonchev–Trinajstić information content (AvgIpc) is 2.30. The zero-order valence-corrected chi connectivity index (χ0v) is 9.94. The third-order valence-electron chi connectivity index (χ3n) is 3.17. The maximum absolute atomic E-state index is 13.4. The van der Waals surface area contributed by atoms with Crippen molar-refractivity contribution in [2.75, 3.05) is 13.6 Å². The summed E-state index contributed by atoms with van der Waals surface area (Å²) in [6, 6.07) is 1.16. The average molecular weight is 256 g/mol. The summed E-state index contributed by atoms with van der Waals surface area (Å²) in [5.41, 5.74) is -0.315. The van der Waals surface area contributed by atoms with Crippen molar-refractivity contribution >= 4 is 5.91 Å². The van der Waals surface area contributed by atoms with Gasteiger partial charge in [-0.3, -0.25) is 4.79 Å². The molecule has 1 heterocycles. The van der Waals surface area contributed by atoms with Gasteiger partial charge in [-0.2, -0.15) is 4.39 Å². The van der Waals surface area contributed by atoms with Gasteiger partial charge in [0.2, 0.25) is 5.95 Å². The molecule has 0 aliphatic heterocycles. The number of aliphatic hydroxyl groups is 1. The molecule has 1 aromatic heterocycles. The molecule has 0 radical (unpaired) electrons. The second-order valence-corrected chi connectivity index (χ2v) is 4.64. The first-order valence-corrected chi connectivity index (χ1v) is 5.72. The summed E-state index contributed by atoms with van der Waals surface area (Å²) in [6.45, 7) is 0.430. The Morgan fingerprint density at radius 2 is 2.22 bits per heavy atom. The van der Waals surface area contributed by atoms with Crippen molar-refractivity contribution in [2.24, 2.45) is 5.92 Å². The van der Waals surface area contributed by atoms with Crippen LogP contribution in [0.15, 0.2) is 12.3 Å². The first kappa shape index (κ1) is 12.9. The molecule has 0 unspecified atom stereocenters. The van der Waals surface area contributed by atoms with Crippen LogP contribution in [0.25, 0.3) is 0 Å². The van der Waals surface area contributed by atoms with Crippen LogP contribution in [0, 0.1) is 17.7 Å². The van der Waals surface area contributed by atoms with Gasteiger partial charge in [-0.1, -0.05) is 0 Å². The van der Waals surface area contributed by atoms with Gasteiger partial charge in [-0.05, 0) is 24.8 Å². The van der Waals surface area contributed by atoms with Crippen molar-refractivity contribution < 1.29 is 18.7 Å². The molecule has 1 amide bonds. The van der Waals surface area contributed by atoms with Gasteiger partial charge in [0.25, 0.3) is 5.91 Å². The third kappa shape index (κ3) is 2.48. The summed E-state index contributed by atoms with van der Waals surface area (Å²) >= 11 is 0. The first-order valence-electron chi connectivity index (χ1n) is 5.72. The zero-order valence-electron chi connectivity index (χ0n) is 9.94. The number of aliphatic hydroxyl groups excluding tert-OH is 1. The highest BCUT2D eigenvalue weighted by molar-refractivity contribution is 5.94. The molecule has 0 bridgehead atoms. The predicted octanol–water partition coefficient (Wildman–Crippen LogP) is 1.20. The van der Waals surface area contributed by atoms with Gasteiger partial charge in [0.15, 0.2) is 5.82 Å². The molecule has 1 fully saturated rings. The second kappa shape index (κ2) is 4.97. The van der Waals surface area contributed by atoms with E-state index in [1.165, 1.54) is 11.9 Å². The first-order chi connectivity index (χ1) is 8.49. The van der Waals surface area contributed by atoms with E-state index in [1.807, 2.05) is 0 Å². The minimum absolute atomic E-state index is 0.226. The molecule has 2 rings (SSSR count). The summed E-state index contributed by atoms with van der Waals surface area (Å²) in [4.78, 5) is 16.4. The Labute approximate surface area is 103 Å². The monoisotopic (exact) mass is 256 g/mol. The van der Waals surface area contributed by atoms with Crippen LogP contribution in [0.4, 0.5) is 8.78 Å². The molecule has 0 spiro atoms. The minimum Gasteiger partial charge on any atom is -0.393 e. The Bertz CT molecular complexity index is 461. The Morgan fingerprint density at radius 3 is 2.83 bits per heavy atom. The van der Waals surface area contributed by atoms with Crippen LogP contribution in [0.2, 0.25) is 0 Å². The normalized spacial score (nSPS) is 22.4. The summed E-state index contributed by atoms with van der Waals surface area (Å²) in [6.07, 6.45) is 2.05. The number of rotatable bonds is 3. The molecular formula is C12H14F2N2O2. The molecule has 6 heteroatoms. The van der Waals surface area contributed by atoms with Crippen molar-refractivity contribution in [3.05, 3.63) is 29.6 Å². The highest BCUT2D eigenvalue weighted by atomic mass is 19.2. The van der Waals surface area contributed by atoms with Crippen molar-refractivity contribution in [3.63, 3.8) is 0 Å². The van der Waals surface area contributed by atoms with E-state index in [4.69, 9.17) is 5.11 Å². The topological polar surface area (TPSA) is 53.4 Å². The van der Waals surface area contributed by atoms with E-state index in [-0.39, 0.29) is 17.6 Å². The number of nitrogens with zero attached hydrogens (tertiary/aromatic N) is 2. The highest BCUT2D eigenvalue weighted by Crippen LogP contribution is 2.28.